The smallest absolute Gasteiger partial charge is 0.422 e. The van der Waals surface area contributed by atoms with Crippen molar-refractivity contribution in [2.45, 2.75) is 19.1 Å². The third kappa shape index (κ3) is 6.82. The van der Waals surface area contributed by atoms with Crippen LogP contribution in [-0.2, 0) is 11.3 Å². The van der Waals surface area contributed by atoms with E-state index < -0.39 is 12.8 Å². The third-order valence-electron chi connectivity index (χ3n) is 4.20. The van der Waals surface area contributed by atoms with Crippen molar-refractivity contribution in [2.75, 3.05) is 47.6 Å². The molecule has 6 nitrogen and oxygen atoms in total. The fourth-order valence-electron chi connectivity index (χ4n) is 2.87. The second-order valence-electron chi connectivity index (χ2n) is 6.40. The lowest BCUT2D eigenvalue weighted by Gasteiger charge is -2.24. The first kappa shape index (κ1) is 21.1. The number of nitrogens with one attached hydrogen (secondary N) is 1. The van der Waals surface area contributed by atoms with Crippen LogP contribution >= 0.6 is 0 Å². The van der Waals surface area contributed by atoms with Crippen molar-refractivity contribution < 1.29 is 27.4 Å². The molecule has 1 aliphatic rings. The van der Waals surface area contributed by atoms with Crippen molar-refractivity contribution in [2.24, 2.45) is 10.9 Å². The summed E-state index contributed by atoms with van der Waals surface area (Å²) < 4.78 is 52.3. The lowest BCUT2D eigenvalue weighted by Crippen LogP contribution is -2.41. The molecule has 1 aliphatic heterocycles. The third-order valence-corrected chi connectivity index (χ3v) is 4.20. The van der Waals surface area contributed by atoms with Crippen LogP contribution in [-0.4, -0.2) is 64.6 Å². The fraction of sp³-hybridized carbons (Fsp3) is 0.611. The van der Waals surface area contributed by atoms with E-state index in [0.29, 0.717) is 12.5 Å². The summed E-state index contributed by atoms with van der Waals surface area (Å²) in [5, 5.41) is 3.25. The van der Waals surface area contributed by atoms with Gasteiger partial charge in [-0.3, -0.25) is 4.99 Å². The second kappa shape index (κ2) is 9.68. The summed E-state index contributed by atoms with van der Waals surface area (Å²) in [7, 11) is 5.06. The average molecular weight is 389 g/mol. The molecular formula is C18H26F3N3O3. The maximum absolute atomic E-state index is 12.3. The number of hydrogen-bond donors (Lipinski definition) is 1. The van der Waals surface area contributed by atoms with Crippen LogP contribution in [0.2, 0.25) is 0 Å². The molecule has 0 radical (unpaired) electrons. The lowest BCUT2D eigenvalue weighted by atomic mass is 10.1. The Balaban J connectivity index is 1.93. The van der Waals surface area contributed by atoms with Gasteiger partial charge in [0.25, 0.3) is 0 Å². The molecule has 1 aromatic carbocycles. The first-order valence-corrected chi connectivity index (χ1v) is 8.68. The predicted octanol–water partition coefficient (Wildman–Crippen LogP) is 2.68. The number of aliphatic imine (C=N–C) groups is 1. The number of methoxy groups -OCH3 is 1. The van der Waals surface area contributed by atoms with Crippen LogP contribution < -0.4 is 14.8 Å². The van der Waals surface area contributed by atoms with E-state index in [1.54, 1.807) is 19.2 Å². The highest BCUT2D eigenvalue weighted by Crippen LogP contribution is 2.29. The van der Waals surface area contributed by atoms with Gasteiger partial charge in [-0.15, -0.1) is 0 Å². The molecule has 1 saturated heterocycles. The highest BCUT2D eigenvalue weighted by Gasteiger charge is 2.29. The summed E-state index contributed by atoms with van der Waals surface area (Å²) in [6, 6.07) is 4.82. The van der Waals surface area contributed by atoms with E-state index in [9.17, 15) is 13.2 Å². The predicted molar refractivity (Wildman–Crippen MR) is 96.3 cm³/mol. The van der Waals surface area contributed by atoms with Gasteiger partial charge in [-0.1, -0.05) is 6.07 Å². The van der Waals surface area contributed by atoms with Crippen molar-refractivity contribution >= 4 is 5.96 Å². The molecule has 1 aromatic rings. The Kier molecular flexibility index (Phi) is 7.58. The minimum atomic E-state index is -4.40. The Morgan fingerprint density at radius 1 is 1.37 bits per heavy atom. The molecule has 9 heteroatoms. The first-order valence-electron chi connectivity index (χ1n) is 8.68. The number of ether oxygens (including phenoxy) is 3. The zero-order valence-corrected chi connectivity index (χ0v) is 15.8. The Morgan fingerprint density at radius 2 is 2.15 bits per heavy atom. The van der Waals surface area contributed by atoms with Gasteiger partial charge in [0, 0.05) is 39.7 Å². The van der Waals surface area contributed by atoms with E-state index in [-0.39, 0.29) is 11.5 Å². The number of alkyl halides is 3. The van der Waals surface area contributed by atoms with Gasteiger partial charge >= 0.3 is 6.18 Å². The average Bonchev–Trinajstić information content (AvgIpc) is 3.13. The molecule has 1 heterocycles. The standard InChI is InChI=1S/C18H26F3N3O3/c1-22-17(24(2)10-14-6-7-26-11-14)23-9-13-4-5-15(16(8-13)25-3)27-12-18(19,20)21/h4-5,8,14H,6-7,9-12H2,1-3H3,(H,22,23). The molecule has 0 spiro atoms. The minimum absolute atomic E-state index is 0.0568. The summed E-state index contributed by atoms with van der Waals surface area (Å²) in [4.78, 5) is 6.31. The van der Waals surface area contributed by atoms with E-state index >= 15 is 0 Å². The highest BCUT2D eigenvalue weighted by molar-refractivity contribution is 5.79. The molecule has 0 aliphatic carbocycles. The van der Waals surface area contributed by atoms with Crippen molar-refractivity contribution in [3.8, 4) is 11.5 Å². The summed E-state index contributed by atoms with van der Waals surface area (Å²) in [6.07, 6.45) is -3.36. The van der Waals surface area contributed by atoms with E-state index in [0.717, 1.165) is 37.7 Å². The summed E-state index contributed by atoms with van der Waals surface area (Å²) >= 11 is 0. The molecule has 0 bridgehead atoms. The largest absolute Gasteiger partial charge is 0.493 e. The summed E-state index contributed by atoms with van der Waals surface area (Å²) in [5.74, 6) is 1.53. The molecule has 0 aromatic heterocycles. The maximum Gasteiger partial charge on any atom is 0.422 e. The molecule has 1 atom stereocenters. The van der Waals surface area contributed by atoms with E-state index in [2.05, 4.69) is 10.3 Å². The van der Waals surface area contributed by atoms with Gasteiger partial charge in [0.2, 0.25) is 0 Å². The van der Waals surface area contributed by atoms with Crippen LogP contribution in [0.3, 0.4) is 0 Å². The van der Waals surface area contributed by atoms with Gasteiger partial charge in [0.05, 0.1) is 13.7 Å². The molecule has 27 heavy (non-hydrogen) atoms. The van der Waals surface area contributed by atoms with E-state index in [1.165, 1.54) is 13.2 Å². The normalized spacial score (nSPS) is 17.7. The molecule has 1 fully saturated rings. The number of nitrogens with zero attached hydrogens (tertiary/aromatic N) is 2. The second-order valence-corrected chi connectivity index (χ2v) is 6.40. The Labute approximate surface area is 157 Å². The van der Waals surface area contributed by atoms with Crippen LogP contribution in [0.5, 0.6) is 11.5 Å². The Morgan fingerprint density at radius 3 is 2.74 bits per heavy atom. The Hall–Kier alpha value is -2.16. The highest BCUT2D eigenvalue weighted by atomic mass is 19.4. The molecule has 0 saturated carbocycles. The van der Waals surface area contributed by atoms with Gasteiger partial charge in [-0.05, 0) is 24.1 Å². The molecule has 0 amide bonds. The van der Waals surface area contributed by atoms with Crippen molar-refractivity contribution in [3.63, 3.8) is 0 Å². The van der Waals surface area contributed by atoms with E-state index in [1.807, 2.05) is 11.9 Å². The van der Waals surface area contributed by atoms with E-state index in [4.69, 9.17) is 14.2 Å². The maximum atomic E-state index is 12.3. The molecule has 1 N–H and O–H groups in total. The monoisotopic (exact) mass is 389 g/mol. The van der Waals surface area contributed by atoms with Gasteiger partial charge in [-0.2, -0.15) is 13.2 Å². The molecule has 1 unspecified atom stereocenters. The van der Waals surface area contributed by atoms with Gasteiger partial charge < -0.3 is 24.4 Å². The van der Waals surface area contributed by atoms with Crippen LogP contribution in [0.4, 0.5) is 13.2 Å². The first-order chi connectivity index (χ1) is 12.8. The van der Waals surface area contributed by atoms with Crippen LogP contribution in [0.15, 0.2) is 23.2 Å². The Bertz CT molecular complexity index is 632. The molecular weight excluding hydrogens is 363 g/mol. The fourth-order valence-corrected chi connectivity index (χ4v) is 2.87. The number of hydrogen-bond acceptors (Lipinski definition) is 4. The van der Waals surface area contributed by atoms with Gasteiger partial charge in [0.15, 0.2) is 24.1 Å². The molecule has 152 valence electrons. The van der Waals surface area contributed by atoms with Crippen molar-refractivity contribution in [1.82, 2.24) is 10.2 Å². The van der Waals surface area contributed by atoms with Crippen molar-refractivity contribution in [3.05, 3.63) is 23.8 Å². The van der Waals surface area contributed by atoms with Gasteiger partial charge in [0.1, 0.15) is 0 Å². The zero-order chi connectivity index (χ0) is 19.9. The number of halogens is 3. The van der Waals surface area contributed by atoms with Gasteiger partial charge in [-0.25, -0.2) is 0 Å². The van der Waals surface area contributed by atoms with Crippen LogP contribution in [0.1, 0.15) is 12.0 Å². The summed E-state index contributed by atoms with van der Waals surface area (Å²) in [5.41, 5.74) is 0.838. The SMILES string of the molecule is CN=C(NCc1ccc(OCC(F)(F)F)c(OC)c1)N(C)CC1CCOC1. The van der Waals surface area contributed by atoms with Crippen molar-refractivity contribution in [1.29, 1.82) is 0 Å². The number of benzene rings is 1. The number of guanidine groups is 1. The lowest BCUT2D eigenvalue weighted by molar-refractivity contribution is -0.153. The van der Waals surface area contributed by atoms with Crippen LogP contribution in [0.25, 0.3) is 0 Å². The minimum Gasteiger partial charge on any atom is -0.493 e. The topological polar surface area (TPSA) is 55.3 Å². The quantitative estimate of drug-likeness (QED) is 0.574. The zero-order valence-electron chi connectivity index (χ0n) is 15.8. The number of rotatable bonds is 7. The molecule has 2 rings (SSSR count). The van der Waals surface area contributed by atoms with Crippen LogP contribution in [0, 0.1) is 5.92 Å². The summed E-state index contributed by atoms with van der Waals surface area (Å²) in [6.45, 7) is 1.50.